The maximum Gasteiger partial charge on any atom is 0.289 e. The lowest BCUT2D eigenvalue weighted by molar-refractivity contribution is -0.227. The predicted octanol–water partition coefficient (Wildman–Crippen LogP) is 1.27. The van der Waals surface area contributed by atoms with Crippen molar-refractivity contribution in [3.63, 3.8) is 0 Å². The zero-order valence-electron chi connectivity index (χ0n) is 11.2. The van der Waals surface area contributed by atoms with E-state index < -0.39 is 28.1 Å². The smallest absolute Gasteiger partial charge is 0.289 e. The van der Waals surface area contributed by atoms with Crippen molar-refractivity contribution in [2.24, 2.45) is 11.8 Å². The van der Waals surface area contributed by atoms with Crippen molar-refractivity contribution in [1.82, 2.24) is 4.72 Å². The number of nitrogens with zero attached hydrogens (tertiary/aromatic N) is 1. The number of sulfonamides is 1. The number of ether oxygens (including phenoxy) is 1. The molecule has 0 spiro atoms. The summed E-state index contributed by atoms with van der Waals surface area (Å²) in [5.74, 6) is -3.98. The molecule has 0 amide bonds. The first-order valence-electron chi connectivity index (χ1n) is 6.55. The molecule has 5 nitrogen and oxygen atoms in total. The van der Waals surface area contributed by atoms with E-state index in [4.69, 9.17) is 10.00 Å². The summed E-state index contributed by atoms with van der Waals surface area (Å²) in [5, 5.41) is 8.61. The van der Waals surface area contributed by atoms with E-state index in [0.717, 1.165) is 0 Å². The quantitative estimate of drug-likeness (QED) is 0.768. The Balaban J connectivity index is 1.89. The molecule has 0 heterocycles. The lowest BCUT2D eigenvalue weighted by Crippen LogP contribution is -2.59. The second kappa shape index (κ2) is 5.20. The predicted molar refractivity (Wildman–Crippen MR) is 67.5 cm³/mol. The van der Waals surface area contributed by atoms with E-state index in [9.17, 15) is 17.2 Å². The number of rotatable bonds is 7. The van der Waals surface area contributed by atoms with Gasteiger partial charge < -0.3 is 4.74 Å². The van der Waals surface area contributed by atoms with Gasteiger partial charge in [-0.15, -0.1) is 0 Å². The second-order valence-corrected chi connectivity index (χ2v) is 7.44. The third-order valence-electron chi connectivity index (χ3n) is 4.25. The van der Waals surface area contributed by atoms with Gasteiger partial charge in [-0.25, -0.2) is 21.9 Å². The van der Waals surface area contributed by atoms with Gasteiger partial charge in [-0.1, -0.05) is 0 Å². The normalized spacial score (nSPS) is 28.5. The number of nitrogens with one attached hydrogen (secondary N) is 1. The Hall–Kier alpha value is -0.780. The van der Waals surface area contributed by atoms with Gasteiger partial charge in [0.25, 0.3) is 5.92 Å². The van der Waals surface area contributed by atoms with Crippen LogP contribution in [0.25, 0.3) is 0 Å². The monoisotopic (exact) mass is 308 g/mol. The standard InChI is InChI=1S/C12H18F2N2O3S/c1-19-11(3-2-4-11)12(13,14)8-16-20(17,18)7-10-5-9(10)6-15/h9-10,16H,2-5,7-8H2,1H3/t9-,10-/m0/s1. The van der Waals surface area contributed by atoms with Crippen LogP contribution in [0.15, 0.2) is 0 Å². The van der Waals surface area contributed by atoms with Gasteiger partial charge in [-0.3, -0.25) is 0 Å². The molecule has 2 aliphatic carbocycles. The SMILES string of the molecule is COC1(C(F)(F)CNS(=O)(=O)C[C@@H]2C[C@H]2C#N)CCC1. The summed E-state index contributed by atoms with van der Waals surface area (Å²) < 4.78 is 58.4. The minimum Gasteiger partial charge on any atom is -0.372 e. The molecule has 2 atom stereocenters. The summed E-state index contributed by atoms with van der Waals surface area (Å²) in [7, 11) is -2.56. The second-order valence-electron chi connectivity index (χ2n) is 5.59. The first-order chi connectivity index (χ1) is 9.25. The number of alkyl halides is 2. The molecular weight excluding hydrogens is 290 g/mol. The molecule has 0 aromatic carbocycles. The van der Waals surface area contributed by atoms with Gasteiger partial charge in [0.15, 0.2) is 0 Å². The Morgan fingerprint density at radius 3 is 2.55 bits per heavy atom. The molecule has 0 aromatic heterocycles. The topological polar surface area (TPSA) is 79.2 Å². The van der Waals surface area contributed by atoms with Crippen LogP contribution in [-0.2, 0) is 14.8 Å². The van der Waals surface area contributed by atoms with E-state index in [-0.39, 0.29) is 30.4 Å². The molecule has 0 saturated heterocycles. The first kappa shape index (κ1) is 15.6. The van der Waals surface area contributed by atoms with Gasteiger partial charge in [0.05, 0.1) is 24.3 Å². The number of hydrogen-bond donors (Lipinski definition) is 1. The molecule has 0 unspecified atom stereocenters. The van der Waals surface area contributed by atoms with E-state index in [1.165, 1.54) is 7.11 Å². The Kier molecular flexibility index (Phi) is 4.06. The van der Waals surface area contributed by atoms with Crippen molar-refractivity contribution in [2.75, 3.05) is 19.4 Å². The van der Waals surface area contributed by atoms with E-state index in [1.807, 2.05) is 10.8 Å². The van der Waals surface area contributed by atoms with E-state index in [1.54, 1.807) is 0 Å². The lowest BCUT2D eigenvalue weighted by atomic mass is 9.75. The van der Waals surface area contributed by atoms with Gasteiger partial charge in [0.1, 0.15) is 5.60 Å². The highest BCUT2D eigenvalue weighted by molar-refractivity contribution is 7.89. The molecule has 0 aliphatic heterocycles. The molecule has 8 heteroatoms. The van der Waals surface area contributed by atoms with Crippen LogP contribution in [0.3, 0.4) is 0 Å². The summed E-state index contributed by atoms with van der Waals surface area (Å²) in [6.07, 6.45) is 1.65. The third kappa shape index (κ3) is 2.95. The number of hydrogen-bond acceptors (Lipinski definition) is 4. The summed E-state index contributed by atoms with van der Waals surface area (Å²) in [6, 6.07) is 1.98. The van der Waals surface area contributed by atoms with Crippen molar-refractivity contribution in [3.05, 3.63) is 0 Å². The Labute approximate surface area is 117 Å². The average molecular weight is 308 g/mol. The lowest BCUT2D eigenvalue weighted by Gasteiger charge is -2.45. The van der Waals surface area contributed by atoms with Gasteiger partial charge in [-0.2, -0.15) is 5.26 Å². The minimum absolute atomic E-state index is 0.230. The fourth-order valence-corrected chi connectivity index (χ4v) is 3.96. The molecule has 2 fully saturated rings. The van der Waals surface area contributed by atoms with Crippen molar-refractivity contribution in [3.8, 4) is 6.07 Å². The number of halogens is 2. The fourth-order valence-electron chi connectivity index (χ4n) is 2.51. The van der Waals surface area contributed by atoms with Crippen molar-refractivity contribution >= 4 is 10.0 Å². The van der Waals surface area contributed by atoms with Crippen molar-refractivity contribution in [1.29, 1.82) is 5.26 Å². The number of nitriles is 1. The molecule has 2 saturated carbocycles. The van der Waals surface area contributed by atoms with Crippen LogP contribution >= 0.6 is 0 Å². The average Bonchev–Trinajstić information content (AvgIpc) is 3.03. The highest BCUT2D eigenvalue weighted by Crippen LogP contribution is 2.46. The molecule has 20 heavy (non-hydrogen) atoms. The molecule has 0 bridgehead atoms. The van der Waals surface area contributed by atoms with Crippen molar-refractivity contribution in [2.45, 2.75) is 37.2 Å². The van der Waals surface area contributed by atoms with Gasteiger partial charge in [0, 0.05) is 7.11 Å². The molecular formula is C12H18F2N2O3S. The van der Waals surface area contributed by atoms with Crippen LogP contribution in [0.4, 0.5) is 8.78 Å². The van der Waals surface area contributed by atoms with Gasteiger partial charge >= 0.3 is 0 Å². The van der Waals surface area contributed by atoms with Crippen LogP contribution in [0.5, 0.6) is 0 Å². The molecule has 1 N–H and O–H groups in total. The summed E-state index contributed by atoms with van der Waals surface area (Å²) in [5.41, 5.74) is -1.54. The summed E-state index contributed by atoms with van der Waals surface area (Å²) >= 11 is 0. The van der Waals surface area contributed by atoms with E-state index in [0.29, 0.717) is 12.8 Å². The Bertz CT molecular complexity index is 506. The summed E-state index contributed by atoms with van der Waals surface area (Å²) in [6.45, 7) is -0.951. The van der Waals surface area contributed by atoms with E-state index >= 15 is 0 Å². The molecule has 2 aliphatic rings. The first-order valence-corrected chi connectivity index (χ1v) is 8.20. The highest BCUT2D eigenvalue weighted by Gasteiger charge is 2.58. The molecule has 0 radical (unpaired) electrons. The maximum absolute atomic E-state index is 14.0. The van der Waals surface area contributed by atoms with Crippen LogP contribution < -0.4 is 4.72 Å². The number of methoxy groups -OCH3 is 1. The fraction of sp³-hybridized carbons (Fsp3) is 0.917. The molecule has 2 rings (SSSR count). The van der Waals surface area contributed by atoms with Crippen LogP contribution in [0.2, 0.25) is 0 Å². The van der Waals surface area contributed by atoms with Crippen LogP contribution in [0.1, 0.15) is 25.7 Å². The highest BCUT2D eigenvalue weighted by atomic mass is 32.2. The van der Waals surface area contributed by atoms with Gasteiger partial charge in [0.2, 0.25) is 10.0 Å². The van der Waals surface area contributed by atoms with Crippen molar-refractivity contribution < 1.29 is 21.9 Å². The largest absolute Gasteiger partial charge is 0.372 e. The Morgan fingerprint density at radius 1 is 1.50 bits per heavy atom. The maximum atomic E-state index is 14.0. The molecule has 114 valence electrons. The third-order valence-corrected chi connectivity index (χ3v) is 5.71. The Morgan fingerprint density at radius 2 is 2.15 bits per heavy atom. The van der Waals surface area contributed by atoms with Gasteiger partial charge in [-0.05, 0) is 31.6 Å². The summed E-state index contributed by atoms with van der Waals surface area (Å²) in [4.78, 5) is 0. The zero-order valence-corrected chi connectivity index (χ0v) is 12.0. The molecule has 0 aromatic rings. The van der Waals surface area contributed by atoms with E-state index in [2.05, 4.69) is 0 Å². The zero-order chi connectivity index (χ0) is 15.0. The van der Waals surface area contributed by atoms with Crippen LogP contribution in [-0.4, -0.2) is 39.3 Å². The minimum atomic E-state index is -3.78. The van der Waals surface area contributed by atoms with Crippen LogP contribution in [0, 0.1) is 23.2 Å².